The maximum atomic E-state index is 13.4. The summed E-state index contributed by atoms with van der Waals surface area (Å²) < 4.78 is 13.4. The van der Waals surface area contributed by atoms with Crippen LogP contribution < -0.4 is 5.32 Å². The Kier molecular flexibility index (Phi) is 5.44. The van der Waals surface area contributed by atoms with Crippen LogP contribution in [0.25, 0.3) is 10.4 Å². The Labute approximate surface area is 132 Å². The molecule has 0 saturated carbocycles. The van der Waals surface area contributed by atoms with Crippen LogP contribution in [0.4, 0.5) is 4.39 Å². The highest BCUT2D eigenvalue weighted by Gasteiger charge is 2.14. The topological polar surface area (TPSA) is 12.0 Å². The molecule has 0 fully saturated rings. The molecule has 1 aromatic heterocycles. The molecule has 1 unspecified atom stereocenters. The van der Waals surface area contributed by atoms with E-state index in [1.807, 2.05) is 6.07 Å². The molecule has 108 valence electrons. The summed E-state index contributed by atoms with van der Waals surface area (Å²) >= 11 is 13.4. The fraction of sp³-hybridized carbons (Fsp3) is 0.333. The highest BCUT2D eigenvalue weighted by Crippen LogP contribution is 2.36. The lowest BCUT2D eigenvalue weighted by molar-refractivity contribution is 0.545. The van der Waals surface area contributed by atoms with E-state index in [-0.39, 0.29) is 10.0 Å². The molecule has 0 aliphatic heterocycles. The summed E-state index contributed by atoms with van der Waals surface area (Å²) in [4.78, 5) is 2.31. The number of hydrogen-bond acceptors (Lipinski definition) is 2. The van der Waals surface area contributed by atoms with Crippen molar-refractivity contribution >= 4 is 34.5 Å². The van der Waals surface area contributed by atoms with Crippen molar-refractivity contribution in [2.75, 3.05) is 6.54 Å². The normalized spacial score (nSPS) is 12.7. The number of nitrogens with one attached hydrogen (secondary N) is 1. The molecule has 1 aromatic carbocycles. The summed E-state index contributed by atoms with van der Waals surface area (Å²) in [5, 5.41) is 3.56. The lowest BCUT2D eigenvalue weighted by Gasteiger charge is -2.13. The zero-order valence-electron chi connectivity index (χ0n) is 11.3. The first-order valence-electron chi connectivity index (χ1n) is 6.54. The minimum atomic E-state index is -0.562. The number of hydrogen-bond donors (Lipinski definition) is 1. The van der Waals surface area contributed by atoms with E-state index in [1.165, 1.54) is 4.88 Å². The molecule has 2 rings (SSSR count). The standard InChI is InChI=1S/C15H16Cl2FNS/c1-3-12(19-4-2)14-6-5-13(20-14)9-7-10(16)15(18)11(17)8-9/h5-8,12,19H,3-4H2,1-2H3. The largest absolute Gasteiger partial charge is 0.310 e. The molecule has 5 heteroatoms. The van der Waals surface area contributed by atoms with Crippen molar-refractivity contribution in [3.8, 4) is 10.4 Å². The van der Waals surface area contributed by atoms with Gasteiger partial charge in [-0.3, -0.25) is 0 Å². The Morgan fingerprint density at radius 1 is 1.20 bits per heavy atom. The molecular formula is C15H16Cl2FNS. The Morgan fingerprint density at radius 2 is 1.85 bits per heavy atom. The van der Waals surface area contributed by atoms with Gasteiger partial charge in [0.1, 0.15) is 0 Å². The minimum absolute atomic E-state index is 0.0566. The van der Waals surface area contributed by atoms with Gasteiger partial charge in [0.05, 0.1) is 10.0 Å². The molecule has 1 N–H and O–H groups in total. The molecule has 0 bridgehead atoms. The second kappa shape index (κ2) is 6.90. The molecule has 0 saturated heterocycles. The van der Waals surface area contributed by atoms with E-state index in [0.717, 1.165) is 23.4 Å². The monoisotopic (exact) mass is 331 g/mol. The van der Waals surface area contributed by atoms with Gasteiger partial charge in [0.2, 0.25) is 0 Å². The highest BCUT2D eigenvalue weighted by molar-refractivity contribution is 7.15. The first-order chi connectivity index (χ1) is 9.56. The predicted molar refractivity (Wildman–Crippen MR) is 86.4 cm³/mol. The van der Waals surface area contributed by atoms with Crippen LogP contribution in [0.15, 0.2) is 24.3 Å². The molecule has 0 aliphatic rings. The second-order valence-corrected chi connectivity index (χ2v) is 6.40. The maximum Gasteiger partial charge on any atom is 0.160 e. The van der Waals surface area contributed by atoms with Gasteiger partial charge in [-0.25, -0.2) is 4.39 Å². The molecule has 0 radical (unpaired) electrons. The Hall–Kier alpha value is -0.610. The summed E-state index contributed by atoms with van der Waals surface area (Å²) in [6, 6.07) is 7.71. The van der Waals surface area contributed by atoms with Crippen molar-refractivity contribution in [1.82, 2.24) is 5.32 Å². The summed E-state index contributed by atoms with van der Waals surface area (Å²) in [6.07, 6.45) is 1.03. The highest BCUT2D eigenvalue weighted by atomic mass is 35.5. The SMILES string of the molecule is CCNC(CC)c1ccc(-c2cc(Cl)c(F)c(Cl)c2)s1. The van der Waals surface area contributed by atoms with Crippen molar-refractivity contribution in [2.24, 2.45) is 0 Å². The van der Waals surface area contributed by atoms with Crippen LogP contribution in [0.1, 0.15) is 31.2 Å². The van der Waals surface area contributed by atoms with Crippen LogP contribution >= 0.6 is 34.5 Å². The van der Waals surface area contributed by atoms with Gasteiger partial charge >= 0.3 is 0 Å². The van der Waals surface area contributed by atoms with E-state index >= 15 is 0 Å². The van der Waals surface area contributed by atoms with E-state index in [4.69, 9.17) is 23.2 Å². The molecule has 1 heterocycles. The average Bonchev–Trinajstić information content (AvgIpc) is 2.91. The summed E-state index contributed by atoms with van der Waals surface area (Å²) in [7, 11) is 0. The molecule has 20 heavy (non-hydrogen) atoms. The lowest BCUT2D eigenvalue weighted by Crippen LogP contribution is -2.18. The van der Waals surface area contributed by atoms with Crippen molar-refractivity contribution in [2.45, 2.75) is 26.3 Å². The molecule has 1 atom stereocenters. The molecule has 1 nitrogen and oxygen atoms in total. The zero-order valence-corrected chi connectivity index (χ0v) is 13.7. The van der Waals surface area contributed by atoms with Gasteiger partial charge < -0.3 is 5.32 Å². The minimum Gasteiger partial charge on any atom is -0.310 e. The zero-order chi connectivity index (χ0) is 14.7. The fourth-order valence-electron chi connectivity index (χ4n) is 2.09. The maximum absolute atomic E-state index is 13.4. The Morgan fingerprint density at radius 3 is 2.40 bits per heavy atom. The van der Waals surface area contributed by atoms with E-state index in [2.05, 4.69) is 25.2 Å². The molecular weight excluding hydrogens is 316 g/mol. The first-order valence-corrected chi connectivity index (χ1v) is 8.12. The third kappa shape index (κ3) is 3.34. The second-order valence-electron chi connectivity index (χ2n) is 4.47. The predicted octanol–water partition coefficient (Wildman–Crippen LogP) is 5.92. The number of rotatable bonds is 5. The van der Waals surface area contributed by atoms with Gasteiger partial charge in [-0.2, -0.15) is 0 Å². The third-order valence-corrected chi connectivity index (χ3v) is 4.90. The van der Waals surface area contributed by atoms with Crippen molar-refractivity contribution in [1.29, 1.82) is 0 Å². The van der Waals surface area contributed by atoms with Gasteiger partial charge in [0, 0.05) is 15.8 Å². The van der Waals surface area contributed by atoms with Crippen LogP contribution in [0.5, 0.6) is 0 Å². The van der Waals surface area contributed by atoms with Crippen LogP contribution in [0.3, 0.4) is 0 Å². The van der Waals surface area contributed by atoms with Gasteiger partial charge in [0.15, 0.2) is 5.82 Å². The summed E-state index contributed by atoms with van der Waals surface area (Å²) in [5.41, 5.74) is 0.851. The molecule has 0 aliphatic carbocycles. The lowest BCUT2D eigenvalue weighted by atomic mass is 10.1. The van der Waals surface area contributed by atoms with E-state index in [1.54, 1.807) is 23.5 Å². The van der Waals surface area contributed by atoms with Crippen molar-refractivity contribution in [3.05, 3.63) is 45.0 Å². The van der Waals surface area contributed by atoms with Gasteiger partial charge in [-0.05, 0) is 42.8 Å². The number of thiophene rings is 1. The van der Waals surface area contributed by atoms with Crippen LogP contribution in [-0.4, -0.2) is 6.54 Å². The van der Waals surface area contributed by atoms with E-state index < -0.39 is 5.82 Å². The fourth-order valence-corrected chi connectivity index (χ4v) is 3.73. The quantitative estimate of drug-likeness (QED) is 0.670. The Balaban J connectivity index is 2.33. The summed E-state index contributed by atoms with van der Waals surface area (Å²) in [5.74, 6) is -0.562. The van der Waals surface area contributed by atoms with Crippen LogP contribution in [0.2, 0.25) is 10.0 Å². The van der Waals surface area contributed by atoms with E-state index in [9.17, 15) is 4.39 Å². The van der Waals surface area contributed by atoms with E-state index in [0.29, 0.717) is 6.04 Å². The summed E-state index contributed by atoms with van der Waals surface area (Å²) in [6.45, 7) is 5.18. The van der Waals surface area contributed by atoms with Gasteiger partial charge in [0.25, 0.3) is 0 Å². The van der Waals surface area contributed by atoms with Crippen LogP contribution in [-0.2, 0) is 0 Å². The number of halogens is 3. The first kappa shape index (κ1) is 15.8. The Bertz CT molecular complexity index is 574. The average molecular weight is 332 g/mol. The van der Waals surface area contributed by atoms with Crippen molar-refractivity contribution < 1.29 is 4.39 Å². The number of benzene rings is 1. The molecule has 0 spiro atoms. The van der Waals surface area contributed by atoms with Crippen LogP contribution in [0, 0.1) is 5.82 Å². The van der Waals surface area contributed by atoms with Gasteiger partial charge in [-0.1, -0.05) is 37.0 Å². The van der Waals surface area contributed by atoms with Crippen molar-refractivity contribution in [3.63, 3.8) is 0 Å². The smallest absolute Gasteiger partial charge is 0.160 e. The van der Waals surface area contributed by atoms with Gasteiger partial charge in [-0.15, -0.1) is 11.3 Å². The third-order valence-electron chi connectivity index (χ3n) is 3.10. The molecule has 0 amide bonds. The molecule has 2 aromatic rings.